The zero-order valence-corrected chi connectivity index (χ0v) is 15.8. The Balaban J connectivity index is 2.08. The molecule has 0 spiro atoms. The normalized spacial score (nSPS) is 11.3. The number of thioether (sulfide) groups is 1. The van der Waals surface area contributed by atoms with Crippen LogP contribution in [0.25, 0.3) is 6.08 Å². The van der Waals surface area contributed by atoms with Crippen LogP contribution in [-0.2, 0) is 4.79 Å². The predicted molar refractivity (Wildman–Crippen MR) is 102 cm³/mol. The molecule has 0 radical (unpaired) electrons. The molecule has 2 rings (SSSR count). The Hall–Kier alpha value is -2.94. The Labute approximate surface area is 164 Å². The average molecular weight is 410 g/mol. The minimum atomic E-state index is -4.35. The van der Waals surface area contributed by atoms with E-state index in [2.05, 4.69) is 10.6 Å². The molecule has 2 N–H and O–H groups in total. The maximum atomic E-state index is 12.3. The first-order valence-electron chi connectivity index (χ1n) is 7.97. The Bertz CT molecular complexity index is 881. The zero-order valence-electron chi connectivity index (χ0n) is 15.0. The number of carbonyl (C=O) groups excluding carboxylic acids is 2. The molecule has 0 aliphatic heterocycles. The molecule has 0 saturated heterocycles. The van der Waals surface area contributed by atoms with E-state index in [4.69, 9.17) is 4.74 Å². The first kappa shape index (κ1) is 21.4. The summed E-state index contributed by atoms with van der Waals surface area (Å²) in [6.07, 6.45) is 2.68. The zero-order chi connectivity index (χ0) is 20.7. The van der Waals surface area contributed by atoms with Crippen LogP contribution >= 0.6 is 11.8 Å². The fraction of sp³-hybridized carbons (Fsp3) is 0.158. The largest absolute Gasteiger partial charge is 0.497 e. The Morgan fingerprint density at radius 1 is 1.11 bits per heavy atom. The summed E-state index contributed by atoms with van der Waals surface area (Å²) in [7, 11) is 2.93. The smallest absolute Gasteiger partial charge is 0.446 e. The van der Waals surface area contributed by atoms with Crippen molar-refractivity contribution in [2.24, 2.45) is 0 Å². The maximum absolute atomic E-state index is 12.3. The highest BCUT2D eigenvalue weighted by molar-refractivity contribution is 8.00. The topological polar surface area (TPSA) is 67.4 Å². The minimum Gasteiger partial charge on any atom is -0.497 e. The van der Waals surface area contributed by atoms with Crippen molar-refractivity contribution in [1.29, 1.82) is 0 Å². The van der Waals surface area contributed by atoms with Gasteiger partial charge >= 0.3 is 5.51 Å². The molecular weight excluding hydrogens is 393 g/mol. The highest BCUT2D eigenvalue weighted by Crippen LogP contribution is 2.36. The van der Waals surface area contributed by atoms with Crippen LogP contribution in [0.15, 0.2) is 53.4 Å². The van der Waals surface area contributed by atoms with Gasteiger partial charge in [0.15, 0.2) is 0 Å². The third-order valence-corrected chi connectivity index (χ3v) is 4.24. The summed E-state index contributed by atoms with van der Waals surface area (Å²) in [5, 5.41) is 5.07. The summed E-state index contributed by atoms with van der Waals surface area (Å²) < 4.78 is 42.1. The van der Waals surface area contributed by atoms with Crippen molar-refractivity contribution in [3.63, 3.8) is 0 Å². The summed E-state index contributed by atoms with van der Waals surface area (Å²) in [4.78, 5) is 24.2. The summed E-state index contributed by atoms with van der Waals surface area (Å²) in [5.74, 6) is -0.427. The average Bonchev–Trinajstić information content (AvgIpc) is 2.66. The first-order chi connectivity index (χ1) is 13.2. The predicted octanol–water partition coefficient (Wildman–Crippen LogP) is 4.32. The minimum absolute atomic E-state index is 0.0579. The van der Waals surface area contributed by atoms with E-state index in [9.17, 15) is 22.8 Å². The van der Waals surface area contributed by atoms with Gasteiger partial charge in [0.25, 0.3) is 5.91 Å². The highest BCUT2D eigenvalue weighted by Gasteiger charge is 2.28. The SMILES string of the molecule is CNC(=O)c1cc(OC)ccc1NC(=O)/C=C/c1ccc(SC(F)(F)F)cc1. The van der Waals surface area contributed by atoms with Crippen LogP contribution in [0.4, 0.5) is 18.9 Å². The molecule has 0 aliphatic carbocycles. The number of carbonyl (C=O) groups is 2. The summed E-state index contributed by atoms with van der Waals surface area (Å²) >= 11 is -0.206. The van der Waals surface area contributed by atoms with Gasteiger partial charge in [0.05, 0.1) is 18.4 Å². The fourth-order valence-corrected chi connectivity index (χ4v) is 2.75. The van der Waals surface area contributed by atoms with Crippen LogP contribution in [0.1, 0.15) is 15.9 Å². The maximum Gasteiger partial charge on any atom is 0.446 e. The molecule has 0 atom stereocenters. The first-order valence-corrected chi connectivity index (χ1v) is 8.78. The molecule has 148 valence electrons. The van der Waals surface area contributed by atoms with Crippen molar-refractivity contribution in [2.45, 2.75) is 10.4 Å². The van der Waals surface area contributed by atoms with Crippen LogP contribution in [0.3, 0.4) is 0 Å². The number of benzene rings is 2. The van der Waals surface area contributed by atoms with Gasteiger partial charge in [-0.15, -0.1) is 0 Å². The highest BCUT2D eigenvalue weighted by atomic mass is 32.2. The second-order valence-electron chi connectivity index (χ2n) is 5.43. The van der Waals surface area contributed by atoms with Crippen LogP contribution in [0.5, 0.6) is 5.75 Å². The molecule has 2 amide bonds. The molecule has 0 saturated carbocycles. The molecule has 0 aromatic heterocycles. The standard InChI is InChI=1S/C19H17F3N2O3S/c1-23-18(26)15-11-13(27-2)6-9-16(15)24-17(25)10-5-12-3-7-14(8-4-12)28-19(20,21)22/h3-11H,1-2H3,(H,23,26)(H,24,25)/b10-5+. The molecule has 5 nitrogen and oxygen atoms in total. The lowest BCUT2D eigenvalue weighted by Gasteiger charge is -2.10. The molecule has 0 unspecified atom stereocenters. The number of halogens is 3. The molecule has 2 aromatic carbocycles. The molecular formula is C19H17F3N2O3S. The third-order valence-electron chi connectivity index (χ3n) is 3.50. The van der Waals surface area contributed by atoms with Crippen molar-refractivity contribution in [3.05, 3.63) is 59.7 Å². The molecule has 2 aromatic rings. The van der Waals surface area contributed by atoms with E-state index in [-0.39, 0.29) is 22.2 Å². The van der Waals surface area contributed by atoms with E-state index in [1.54, 1.807) is 6.07 Å². The van der Waals surface area contributed by atoms with Crippen molar-refractivity contribution in [1.82, 2.24) is 5.32 Å². The van der Waals surface area contributed by atoms with Gasteiger partial charge in [0, 0.05) is 18.0 Å². The lowest BCUT2D eigenvalue weighted by molar-refractivity contribution is -0.111. The lowest BCUT2D eigenvalue weighted by atomic mass is 10.1. The third kappa shape index (κ3) is 6.34. The van der Waals surface area contributed by atoms with Crippen molar-refractivity contribution < 1.29 is 27.5 Å². The Kier molecular flexibility index (Phi) is 7.11. The van der Waals surface area contributed by atoms with E-state index in [1.807, 2.05) is 0 Å². The number of anilines is 1. The summed E-state index contributed by atoms with van der Waals surface area (Å²) in [6.45, 7) is 0. The van der Waals surface area contributed by atoms with Crippen LogP contribution < -0.4 is 15.4 Å². The van der Waals surface area contributed by atoms with Gasteiger partial charge in [0.2, 0.25) is 5.91 Å². The van der Waals surface area contributed by atoms with E-state index < -0.39 is 17.3 Å². The van der Waals surface area contributed by atoms with E-state index in [0.29, 0.717) is 17.0 Å². The van der Waals surface area contributed by atoms with Crippen LogP contribution in [0.2, 0.25) is 0 Å². The van der Waals surface area contributed by atoms with E-state index in [1.165, 1.54) is 62.7 Å². The fourth-order valence-electron chi connectivity index (χ4n) is 2.21. The lowest BCUT2D eigenvalue weighted by Crippen LogP contribution is -2.21. The second-order valence-corrected chi connectivity index (χ2v) is 6.57. The summed E-state index contributed by atoms with van der Waals surface area (Å²) in [5.41, 5.74) is -3.26. The molecule has 0 aliphatic rings. The van der Waals surface area contributed by atoms with E-state index >= 15 is 0 Å². The molecule has 28 heavy (non-hydrogen) atoms. The quantitative estimate of drug-likeness (QED) is 0.550. The van der Waals surface area contributed by atoms with Gasteiger partial charge in [0.1, 0.15) is 5.75 Å². The molecule has 0 fully saturated rings. The van der Waals surface area contributed by atoms with Crippen molar-refractivity contribution >= 4 is 35.3 Å². The van der Waals surface area contributed by atoms with Gasteiger partial charge < -0.3 is 15.4 Å². The van der Waals surface area contributed by atoms with Crippen LogP contribution in [-0.4, -0.2) is 31.5 Å². The molecule has 0 heterocycles. The van der Waals surface area contributed by atoms with E-state index in [0.717, 1.165) is 0 Å². The molecule has 0 bridgehead atoms. The molecule has 9 heteroatoms. The van der Waals surface area contributed by atoms with Gasteiger partial charge in [-0.2, -0.15) is 13.2 Å². The number of alkyl halides is 3. The number of ether oxygens (including phenoxy) is 1. The monoisotopic (exact) mass is 410 g/mol. The van der Waals surface area contributed by atoms with Crippen molar-refractivity contribution in [2.75, 3.05) is 19.5 Å². The second kappa shape index (κ2) is 9.32. The number of nitrogens with one attached hydrogen (secondary N) is 2. The number of rotatable bonds is 6. The van der Waals surface area contributed by atoms with Crippen molar-refractivity contribution in [3.8, 4) is 5.75 Å². The van der Waals surface area contributed by atoms with Crippen LogP contribution in [0, 0.1) is 0 Å². The number of hydrogen-bond acceptors (Lipinski definition) is 4. The van der Waals surface area contributed by atoms with Gasteiger partial charge in [-0.3, -0.25) is 9.59 Å². The number of hydrogen-bond donors (Lipinski definition) is 2. The summed E-state index contributed by atoms with van der Waals surface area (Å²) in [6, 6.07) is 10.2. The van der Waals surface area contributed by atoms with Gasteiger partial charge in [-0.25, -0.2) is 0 Å². The number of amides is 2. The van der Waals surface area contributed by atoms with Gasteiger partial charge in [-0.1, -0.05) is 12.1 Å². The Morgan fingerprint density at radius 3 is 2.36 bits per heavy atom. The number of methoxy groups -OCH3 is 1. The van der Waals surface area contributed by atoms with Gasteiger partial charge in [-0.05, 0) is 53.7 Å². The Morgan fingerprint density at radius 2 is 1.79 bits per heavy atom.